The molecule has 1 aromatic carbocycles. The van der Waals surface area contributed by atoms with Gasteiger partial charge in [-0.05, 0) is 42.5 Å². The second-order valence-electron chi connectivity index (χ2n) is 8.24. The first-order chi connectivity index (χ1) is 14.4. The molecule has 0 amide bonds. The Hall–Kier alpha value is -2.80. The number of carbonyl (C=O) groups is 3. The molecule has 1 aromatic rings. The fourth-order valence-electron chi connectivity index (χ4n) is 5.18. The van der Waals surface area contributed by atoms with Crippen LogP contribution in [0.1, 0.15) is 69.2 Å². The van der Waals surface area contributed by atoms with E-state index in [1.165, 1.54) is 12.3 Å². The molecule has 6 nitrogen and oxygen atoms in total. The van der Waals surface area contributed by atoms with E-state index >= 15 is 0 Å². The molecule has 3 aliphatic carbocycles. The van der Waals surface area contributed by atoms with Crippen molar-refractivity contribution >= 4 is 28.1 Å². The predicted molar refractivity (Wildman–Crippen MR) is 112 cm³/mol. The second-order valence-corrected chi connectivity index (χ2v) is 9.75. The molecule has 0 aromatic heterocycles. The highest BCUT2D eigenvalue weighted by atomic mass is 32.2. The van der Waals surface area contributed by atoms with Crippen LogP contribution >= 0.6 is 0 Å². The lowest BCUT2D eigenvalue weighted by atomic mass is 9.62. The summed E-state index contributed by atoms with van der Waals surface area (Å²) in [6, 6.07) is 3.22. The number of Topliss-reactive ketones (excluding diaryl/α,β-unsaturated/α-hetero) is 3. The number of benzene rings is 1. The molecule has 4 aliphatic rings. The molecule has 5 rings (SSSR count). The summed E-state index contributed by atoms with van der Waals surface area (Å²) in [6.07, 6.45) is 4.75. The number of hydrogen-bond donors (Lipinski definition) is 1. The second kappa shape index (κ2) is 6.60. The average Bonchev–Trinajstić information content (AvgIpc) is 2.74. The first kappa shape index (κ1) is 19.2. The molecule has 30 heavy (non-hydrogen) atoms. The molecule has 2 atom stereocenters. The van der Waals surface area contributed by atoms with E-state index in [1.807, 2.05) is 0 Å². The molecular formula is C23H21NO5S. The van der Waals surface area contributed by atoms with Crippen molar-refractivity contribution in [1.82, 2.24) is 5.32 Å². The number of rotatable bonds is 2. The summed E-state index contributed by atoms with van der Waals surface area (Å²) in [5, 5.41) is 2.93. The lowest BCUT2D eigenvalue weighted by Gasteiger charge is -2.42. The Morgan fingerprint density at radius 2 is 1.87 bits per heavy atom. The molecule has 7 heteroatoms. The van der Waals surface area contributed by atoms with E-state index in [0.717, 1.165) is 36.8 Å². The van der Waals surface area contributed by atoms with Gasteiger partial charge in [-0.15, -0.1) is 0 Å². The van der Waals surface area contributed by atoms with E-state index in [9.17, 15) is 18.6 Å². The van der Waals surface area contributed by atoms with Crippen molar-refractivity contribution in [2.45, 2.75) is 38.0 Å². The summed E-state index contributed by atoms with van der Waals surface area (Å²) < 4.78 is 18.1. The highest BCUT2D eigenvalue weighted by molar-refractivity contribution is 7.90. The minimum absolute atomic E-state index is 0.0566. The molecule has 1 heterocycles. The van der Waals surface area contributed by atoms with Gasteiger partial charge in [0.15, 0.2) is 5.76 Å². The normalized spacial score (nSPS) is 27.6. The topological polar surface area (TPSA) is 89.5 Å². The Bertz CT molecular complexity index is 1160. The minimum Gasteiger partial charge on any atom is -0.462 e. The summed E-state index contributed by atoms with van der Waals surface area (Å²) in [5.41, 5.74) is 2.11. The largest absolute Gasteiger partial charge is 0.462 e. The van der Waals surface area contributed by atoms with Gasteiger partial charge in [-0.1, -0.05) is 19.9 Å². The molecule has 0 bridgehead atoms. The molecule has 0 saturated heterocycles. The monoisotopic (exact) mass is 423 g/mol. The summed E-state index contributed by atoms with van der Waals surface area (Å²) in [7, 11) is -1.51. The van der Waals surface area contributed by atoms with Gasteiger partial charge < -0.3 is 10.1 Å². The molecular weight excluding hydrogens is 402 g/mol. The van der Waals surface area contributed by atoms with E-state index < -0.39 is 27.8 Å². The van der Waals surface area contributed by atoms with Crippen molar-refractivity contribution in [3.05, 3.63) is 69.2 Å². The quantitative estimate of drug-likeness (QED) is 0.736. The van der Waals surface area contributed by atoms with Crippen molar-refractivity contribution in [3.63, 3.8) is 0 Å². The van der Waals surface area contributed by atoms with Crippen molar-refractivity contribution in [2.24, 2.45) is 0 Å². The highest BCUT2D eigenvalue weighted by Gasteiger charge is 2.46. The first-order valence-corrected chi connectivity index (χ1v) is 11.4. The minimum atomic E-state index is -1.51. The van der Waals surface area contributed by atoms with Gasteiger partial charge in [-0.25, -0.2) is 0 Å². The maximum atomic E-state index is 13.3. The van der Waals surface area contributed by atoms with Crippen LogP contribution in [0.4, 0.5) is 0 Å². The van der Waals surface area contributed by atoms with Gasteiger partial charge in [0.2, 0.25) is 17.3 Å². The third-order valence-electron chi connectivity index (χ3n) is 6.66. The van der Waals surface area contributed by atoms with Gasteiger partial charge in [0.25, 0.3) is 0 Å². The SMILES string of the molecule is C=COC1=C2CCCCC2(C)c2cc3c(cc2C1=O)C(=O)C1=C(C3=O)S(=O)CCN1. The number of fused-ring (bicyclic) bond motifs is 4. The van der Waals surface area contributed by atoms with Gasteiger partial charge in [-0.3, -0.25) is 18.6 Å². The Morgan fingerprint density at radius 1 is 1.10 bits per heavy atom. The highest BCUT2D eigenvalue weighted by Crippen LogP contribution is 2.50. The number of ether oxygens (including phenoxy) is 1. The molecule has 1 fully saturated rings. The van der Waals surface area contributed by atoms with E-state index in [0.29, 0.717) is 17.9 Å². The van der Waals surface area contributed by atoms with Crippen LogP contribution in [-0.2, 0) is 21.0 Å². The Balaban J connectivity index is 1.75. The van der Waals surface area contributed by atoms with Crippen LogP contribution in [-0.4, -0.2) is 33.9 Å². The van der Waals surface area contributed by atoms with Crippen LogP contribution in [0.15, 0.2) is 46.9 Å². The van der Waals surface area contributed by atoms with Crippen LogP contribution in [0.3, 0.4) is 0 Å². The Kier molecular flexibility index (Phi) is 4.22. The lowest BCUT2D eigenvalue weighted by Crippen LogP contribution is -2.40. The zero-order valence-corrected chi connectivity index (χ0v) is 17.4. The summed E-state index contributed by atoms with van der Waals surface area (Å²) in [5.74, 6) is -0.492. The number of hydrogen-bond acceptors (Lipinski definition) is 6. The molecule has 1 saturated carbocycles. The predicted octanol–water partition coefficient (Wildman–Crippen LogP) is 3.07. The average molecular weight is 423 g/mol. The number of nitrogens with one attached hydrogen (secondary N) is 1. The van der Waals surface area contributed by atoms with Gasteiger partial charge in [0, 0.05) is 34.4 Å². The van der Waals surface area contributed by atoms with Crippen LogP contribution in [0.2, 0.25) is 0 Å². The Morgan fingerprint density at radius 3 is 2.63 bits per heavy atom. The van der Waals surface area contributed by atoms with Crippen LogP contribution in [0.5, 0.6) is 0 Å². The maximum Gasteiger partial charge on any atom is 0.228 e. The van der Waals surface area contributed by atoms with E-state index in [-0.39, 0.29) is 33.3 Å². The van der Waals surface area contributed by atoms with Crippen molar-refractivity contribution in [3.8, 4) is 0 Å². The fraction of sp³-hybridized carbons (Fsp3) is 0.348. The summed E-state index contributed by atoms with van der Waals surface area (Å²) >= 11 is 0. The van der Waals surface area contributed by atoms with Gasteiger partial charge in [-0.2, -0.15) is 0 Å². The molecule has 0 radical (unpaired) electrons. The zero-order chi connectivity index (χ0) is 21.2. The third-order valence-corrected chi connectivity index (χ3v) is 8.08. The van der Waals surface area contributed by atoms with E-state index in [2.05, 4.69) is 18.8 Å². The molecule has 154 valence electrons. The molecule has 2 unspecified atom stereocenters. The van der Waals surface area contributed by atoms with Gasteiger partial charge >= 0.3 is 0 Å². The zero-order valence-electron chi connectivity index (χ0n) is 16.6. The van der Waals surface area contributed by atoms with E-state index in [4.69, 9.17) is 4.74 Å². The fourth-order valence-corrected chi connectivity index (χ4v) is 6.38. The summed E-state index contributed by atoms with van der Waals surface area (Å²) in [4.78, 5) is 39.7. The van der Waals surface area contributed by atoms with Gasteiger partial charge in [0.05, 0.1) is 17.1 Å². The van der Waals surface area contributed by atoms with Crippen molar-refractivity contribution in [2.75, 3.05) is 12.3 Å². The van der Waals surface area contributed by atoms with Crippen LogP contribution in [0, 0.1) is 0 Å². The van der Waals surface area contributed by atoms with Gasteiger partial charge in [0.1, 0.15) is 10.6 Å². The van der Waals surface area contributed by atoms with Crippen molar-refractivity contribution < 1.29 is 23.3 Å². The Labute approximate surface area is 176 Å². The molecule has 1 N–H and O–H groups in total. The molecule has 1 aliphatic heterocycles. The van der Waals surface area contributed by atoms with Crippen molar-refractivity contribution in [1.29, 1.82) is 0 Å². The number of ketones is 3. The first-order valence-electron chi connectivity index (χ1n) is 10.1. The van der Waals surface area contributed by atoms with E-state index in [1.54, 1.807) is 6.07 Å². The van der Waals surface area contributed by atoms with Crippen LogP contribution in [0.25, 0.3) is 0 Å². The number of carbonyl (C=O) groups excluding carboxylic acids is 3. The lowest BCUT2D eigenvalue weighted by molar-refractivity contribution is 0.0946. The number of allylic oxidation sites excluding steroid dienone is 4. The third kappa shape index (κ3) is 2.41. The maximum absolute atomic E-state index is 13.3. The van der Waals surface area contributed by atoms with Crippen LogP contribution < -0.4 is 5.32 Å². The molecule has 0 spiro atoms. The summed E-state index contributed by atoms with van der Waals surface area (Å²) in [6.45, 7) is 6.03. The standard InChI is InChI=1S/C23H21NO5S/c1-3-29-21-15-6-4-5-7-23(15,2)16-11-13-12(10-14(16)19(21)26)18(25)17-22(20(13)27)30(28)9-8-24-17/h3,10-11,24H,1,4-9H2,2H3. The smallest absolute Gasteiger partial charge is 0.228 e.